The molecule has 30 heavy (non-hydrogen) atoms. The molecule has 0 heterocycles. The van der Waals surface area contributed by atoms with Gasteiger partial charge in [0.1, 0.15) is 11.4 Å². The molecule has 2 aromatic carbocycles. The minimum Gasteiger partial charge on any atom is -0.434 e. The molecule has 0 radical (unpaired) electrons. The molecule has 0 aromatic heterocycles. The quantitative estimate of drug-likeness (QED) is 0.388. The van der Waals surface area contributed by atoms with Crippen LogP contribution in [0.25, 0.3) is 0 Å². The van der Waals surface area contributed by atoms with Gasteiger partial charge in [0, 0.05) is 29.8 Å². The summed E-state index contributed by atoms with van der Waals surface area (Å²) in [5, 5.41) is 23.8. The summed E-state index contributed by atoms with van der Waals surface area (Å²) >= 11 is 5.97. The zero-order valence-electron chi connectivity index (χ0n) is 16.4. The van der Waals surface area contributed by atoms with Crippen LogP contribution in [0.3, 0.4) is 0 Å². The number of aliphatic hydroxyl groups is 1. The van der Waals surface area contributed by atoms with Crippen LogP contribution in [0.2, 0.25) is 5.02 Å². The Hall–Kier alpha value is -2.45. The standard InChI is InChI=1S/C21H23ClF2N2O4/c1-12-15(7-8-27)16(12)9-13-3-2-4-20(30-21(23)24)17(13)11-25-18-10-14(22)5-6-19(18)26(28)29/h2-6,10,12,15-16,21,25,27H,7-9,11H2,1H3/t12-,15+,16-/m1/s1. The summed E-state index contributed by atoms with van der Waals surface area (Å²) in [5.41, 5.74) is 1.40. The predicted molar refractivity (Wildman–Crippen MR) is 110 cm³/mol. The van der Waals surface area contributed by atoms with E-state index in [1.165, 1.54) is 24.3 Å². The molecule has 0 bridgehead atoms. The lowest BCUT2D eigenvalue weighted by Crippen LogP contribution is -2.11. The van der Waals surface area contributed by atoms with Gasteiger partial charge in [0.05, 0.1) is 4.92 Å². The fourth-order valence-electron chi connectivity index (χ4n) is 4.06. The molecule has 3 rings (SSSR count). The third kappa shape index (κ3) is 5.17. The Morgan fingerprint density at radius 1 is 1.30 bits per heavy atom. The highest BCUT2D eigenvalue weighted by Gasteiger charge is 2.45. The molecule has 0 spiro atoms. The van der Waals surface area contributed by atoms with Crippen LogP contribution >= 0.6 is 11.6 Å². The summed E-state index contributed by atoms with van der Waals surface area (Å²) in [7, 11) is 0. The van der Waals surface area contributed by atoms with Crippen LogP contribution in [0.5, 0.6) is 5.75 Å². The Morgan fingerprint density at radius 2 is 2.07 bits per heavy atom. The van der Waals surface area contributed by atoms with E-state index in [9.17, 15) is 24.0 Å². The van der Waals surface area contributed by atoms with Gasteiger partial charge in [-0.1, -0.05) is 30.7 Å². The first kappa shape index (κ1) is 22.2. The number of benzene rings is 2. The normalized spacial score (nSPS) is 20.3. The molecule has 2 N–H and O–H groups in total. The Bertz CT molecular complexity index is 913. The van der Waals surface area contributed by atoms with Crippen molar-refractivity contribution in [3.05, 3.63) is 62.7 Å². The maximum absolute atomic E-state index is 12.9. The SMILES string of the molecule is C[C@H]1[C@@H](Cc2cccc(OC(F)F)c2CNc2cc(Cl)ccc2[N+](=O)[O-])[C@H]1CCO. The van der Waals surface area contributed by atoms with Gasteiger partial charge in [-0.3, -0.25) is 10.1 Å². The largest absolute Gasteiger partial charge is 0.434 e. The molecule has 2 aromatic rings. The van der Waals surface area contributed by atoms with Crippen LogP contribution in [0.15, 0.2) is 36.4 Å². The smallest absolute Gasteiger partial charge is 0.387 e. The molecule has 0 saturated heterocycles. The number of nitrogens with zero attached hydrogens (tertiary/aromatic N) is 1. The minimum absolute atomic E-state index is 0.0340. The van der Waals surface area contributed by atoms with Gasteiger partial charge in [-0.05, 0) is 54.4 Å². The number of nitro groups is 1. The van der Waals surface area contributed by atoms with Gasteiger partial charge in [0.15, 0.2) is 0 Å². The van der Waals surface area contributed by atoms with Gasteiger partial charge in [-0.2, -0.15) is 8.78 Å². The minimum atomic E-state index is -2.98. The summed E-state index contributed by atoms with van der Waals surface area (Å²) in [5.74, 6) is 1.21. The molecule has 0 aliphatic heterocycles. The molecular weight excluding hydrogens is 418 g/mol. The van der Waals surface area contributed by atoms with Gasteiger partial charge in [0.25, 0.3) is 5.69 Å². The van der Waals surface area contributed by atoms with Crippen LogP contribution in [-0.2, 0) is 13.0 Å². The van der Waals surface area contributed by atoms with E-state index in [4.69, 9.17) is 16.3 Å². The number of nitro benzene ring substituents is 1. The van der Waals surface area contributed by atoms with E-state index in [2.05, 4.69) is 12.2 Å². The molecule has 1 fully saturated rings. The number of ether oxygens (including phenoxy) is 1. The first-order valence-corrected chi connectivity index (χ1v) is 10.0. The van der Waals surface area contributed by atoms with E-state index in [1.807, 2.05) is 6.07 Å². The molecule has 6 nitrogen and oxygen atoms in total. The third-order valence-corrected chi connectivity index (χ3v) is 5.97. The van der Waals surface area contributed by atoms with E-state index < -0.39 is 11.5 Å². The molecule has 1 saturated carbocycles. The summed E-state index contributed by atoms with van der Waals surface area (Å²) in [4.78, 5) is 10.8. The van der Waals surface area contributed by atoms with Gasteiger partial charge in [-0.15, -0.1) is 0 Å². The van der Waals surface area contributed by atoms with Crippen molar-refractivity contribution in [2.45, 2.75) is 32.9 Å². The topological polar surface area (TPSA) is 84.6 Å². The van der Waals surface area contributed by atoms with Crippen molar-refractivity contribution >= 4 is 23.0 Å². The zero-order chi connectivity index (χ0) is 21.8. The average Bonchev–Trinajstić information content (AvgIpc) is 3.28. The van der Waals surface area contributed by atoms with Crippen LogP contribution in [0.4, 0.5) is 20.2 Å². The molecule has 3 atom stereocenters. The monoisotopic (exact) mass is 440 g/mol. The van der Waals surface area contributed by atoms with Crippen molar-refractivity contribution in [1.29, 1.82) is 0 Å². The first-order valence-electron chi connectivity index (χ1n) is 9.66. The van der Waals surface area contributed by atoms with Crippen LogP contribution in [0.1, 0.15) is 24.5 Å². The summed E-state index contributed by atoms with van der Waals surface area (Å²) in [6.07, 6.45) is 1.36. The molecular formula is C21H23ClF2N2O4. The number of rotatable bonds is 10. The van der Waals surface area contributed by atoms with Crippen molar-refractivity contribution in [1.82, 2.24) is 0 Å². The summed E-state index contributed by atoms with van der Waals surface area (Å²) in [6.45, 7) is -0.697. The van der Waals surface area contributed by atoms with E-state index >= 15 is 0 Å². The van der Waals surface area contributed by atoms with Crippen LogP contribution in [-0.4, -0.2) is 23.2 Å². The Morgan fingerprint density at radius 3 is 2.73 bits per heavy atom. The lowest BCUT2D eigenvalue weighted by molar-refractivity contribution is -0.384. The number of hydrogen-bond acceptors (Lipinski definition) is 5. The maximum Gasteiger partial charge on any atom is 0.387 e. The van der Waals surface area contributed by atoms with Gasteiger partial charge in [-0.25, -0.2) is 0 Å². The number of halogens is 3. The number of alkyl halides is 2. The van der Waals surface area contributed by atoms with Crippen molar-refractivity contribution in [2.24, 2.45) is 17.8 Å². The number of nitrogens with one attached hydrogen (secondary N) is 1. The van der Waals surface area contributed by atoms with E-state index in [0.29, 0.717) is 41.2 Å². The second-order valence-electron chi connectivity index (χ2n) is 7.45. The zero-order valence-corrected chi connectivity index (χ0v) is 17.1. The lowest BCUT2D eigenvalue weighted by Gasteiger charge is -2.17. The highest BCUT2D eigenvalue weighted by atomic mass is 35.5. The second kappa shape index (κ2) is 9.57. The summed E-state index contributed by atoms with van der Waals surface area (Å²) < 4.78 is 30.6. The molecule has 0 unspecified atom stereocenters. The van der Waals surface area contributed by atoms with E-state index in [0.717, 1.165) is 5.56 Å². The molecule has 9 heteroatoms. The van der Waals surface area contributed by atoms with E-state index in [1.54, 1.807) is 6.07 Å². The van der Waals surface area contributed by atoms with Crippen LogP contribution < -0.4 is 10.1 Å². The van der Waals surface area contributed by atoms with Crippen molar-refractivity contribution < 1.29 is 23.5 Å². The van der Waals surface area contributed by atoms with E-state index in [-0.39, 0.29) is 30.3 Å². The molecule has 1 aliphatic carbocycles. The number of hydrogen-bond donors (Lipinski definition) is 2. The summed E-state index contributed by atoms with van der Waals surface area (Å²) in [6, 6.07) is 9.10. The fraction of sp³-hybridized carbons (Fsp3) is 0.429. The lowest BCUT2D eigenvalue weighted by atomic mass is 9.99. The van der Waals surface area contributed by atoms with Gasteiger partial charge >= 0.3 is 6.61 Å². The Balaban J connectivity index is 1.87. The highest BCUT2D eigenvalue weighted by Crippen LogP contribution is 2.50. The maximum atomic E-state index is 12.9. The fourth-order valence-corrected chi connectivity index (χ4v) is 4.23. The predicted octanol–water partition coefficient (Wildman–Crippen LogP) is 5.27. The van der Waals surface area contributed by atoms with Gasteiger partial charge in [0.2, 0.25) is 0 Å². The second-order valence-corrected chi connectivity index (χ2v) is 7.88. The molecule has 0 amide bonds. The average molecular weight is 441 g/mol. The van der Waals surface area contributed by atoms with Crippen molar-refractivity contribution in [3.63, 3.8) is 0 Å². The molecule has 1 aliphatic rings. The van der Waals surface area contributed by atoms with Gasteiger partial charge < -0.3 is 15.2 Å². The first-order chi connectivity index (χ1) is 14.3. The van der Waals surface area contributed by atoms with Crippen LogP contribution in [0, 0.1) is 27.9 Å². The Kier molecular flexibility index (Phi) is 7.10. The Labute approximate surface area is 178 Å². The number of aliphatic hydroxyl groups excluding tert-OH is 1. The molecule has 162 valence electrons. The third-order valence-electron chi connectivity index (χ3n) is 5.73. The van der Waals surface area contributed by atoms with Crippen molar-refractivity contribution in [3.8, 4) is 5.75 Å². The van der Waals surface area contributed by atoms with Crippen molar-refractivity contribution in [2.75, 3.05) is 11.9 Å². The highest BCUT2D eigenvalue weighted by molar-refractivity contribution is 6.31. The number of anilines is 1.